The second-order valence-corrected chi connectivity index (χ2v) is 12.6. The molecule has 0 radical (unpaired) electrons. The van der Waals surface area contributed by atoms with Gasteiger partial charge < -0.3 is 18.9 Å². The molecule has 3 heterocycles. The summed E-state index contributed by atoms with van der Waals surface area (Å²) in [7, 11) is 0. The minimum atomic E-state index is 0.345. The molecule has 2 N–H and O–H groups in total. The molecule has 5 nitrogen and oxygen atoms in total. The molecule has 0 saturated heterocycles. The average molecular weight is 631 g/mol. The molecule has 0 bridgehead atoms. The van der Waals surface area contributed by atoms with Crippen molar-refractivity contribution in [3.05, 3.63) is 169 Å². The summed E-state index contributed by atoms with van der Waals surface area (Å²) in [4.78, 5) is 0. The molecular formula is C44H30N4O. The molecule has 0 unspecified atom stereocenters. The van der Waals surface area contributed by atoms with Gasteiger partial charge in [-0.05, 0) is 47.2 Å². The van der Waals surface area contributed by atoms with Crippen molar-refractivity contribution in [1.29, 1.82) is 5.41 Å². The van der Waals surface area contributed by atoms with Gasteiger partial charge in [0.05, 0.1) is 34.4 Å². The first kappa shape index (κ1) is 27.5. The maximum atomic E-state index is 9.29. The molecule has 3 aromatic heterocycles. The average Bonchev–Trinajstić information content (AvgIpc) is 3.80. The Morgan fingerprint density at radius 1 is 0.551 bits per heavy atom. The molecule has 0 spiro atoms. The summed E-state index contributed by atoms with van der Waals surface area (Å²) in [5.41, 5.74) is 8.48. The number of fused-ring (bicyclic) bond motifs is 9. The molecule has 5 heteroatoms. The van der Waals surface area contributed by atoms with E-state index in [4.69, 9.17) is 4.42 Å². The second-order valence-electron chi connectivity index (χ2n) is 12.6. The summed E-state index contributed by atoms with van der Waals surface area (Å²) in [6.07, 6.45) is 0. The van der Waals surface area contributed by atoms with Gasteiger partial charge in [0.1, 0.15) is 11.3 Å². The highest BCUT2D eigenvalue weighted by molar-refractivity contribution is 6.23. The topological polar surface area (TPSA) is 58.9 Å². The second kappa shape index (κ2) is 10.7. The number of nitrogens with zero attached hydrogens (tertiary/aromatic N) is 2. The van der Waals surface area contributed by atoms with E-state index in [2.05, 4.69) is 136 Å². The van der Waals surface area contributed by atoms with Crippen molar-refractivity contribution in [1.82, 2.24) is 9.13 Å². The number of anilines is 1. The molecule has 49 heavy (non-hydrogen) atoms. The third-order valence-electron chi connectivity index (χ3n) is 9.84. The van der Waals surface area contributed by atoms with Crippen molar-refractivity contribution >= 4 is 76.8 Å². The van der Waals surface area contributed by atoms with E-state index in [1.165, 1.54) is 32.6 Å². The van der Waals surface area contributed by atoms with Gasteiger partial charge in [-0.1, -0.05) is 121 Å². The van der Waals surface area contributed by atoms with Crippen molar-refractivity contribution in [2.45, 2.75) is 6.67 Å². The van der Waals surface area contributed by atoms with Crippen molar-refractivity contribution < 1.29 is 4.42 Å². The highest BCUT2D eigenvalue weighted by Crippen LogP contribution is 2.41. The van der Waals surface area contributed by atoms with E-state index in [9.17, 15) is 5.41 Å². The van der Waals surface area contributed by atoms with E-state index >= 15 is 0 Å². The fraction of sp³-hybridized carbons (Fsp3) is 0.0227. The fourth-order valence-corrected chi connectivity index (χ4v) is 7.63. The number of furan rings is 1. The first-order valence-electron chi connectivity index (χ1n) is 16.6. The SMILES string of the molecule is N=C(c1ccccc1)c1oc2cc3ccccc3cc2c1NCn1c2ccccc2c2ccc3c4ccccc4n(-c4ccccc4)c3c21. The molecule has 0 aliphatic heterocycles. The van der Waals surface area contributed by atoms with Gasteiger partial charge in [-0.2, -0.15) is 0 Å². The minimum Gasteiger partial charge on any atom is -0.452 e. The van der Waals surface area contributed by atoms with Crippen LogP contribution in [0.5, 0.6) is 0 Å². The zero-order valence-corrected chi connectivity index (χ0v) is 26.5. The lowest BCUT2D eigenvalue weighted by Crippen LogP contribution is -2.11. The standard InChI is InChI=1S/C44H30N4O/c45-40(28-13-3-1-4-14-28)44-41(36-25-29-15-7-8-16-30(29)26-39(36)49-44)46-27-47-37-21-11-9-19-32(37)34-23-24-35-33-20-10-12-22-38(33)48(43(35)42(34)47)31-17-5-2-6-18-31/h1-26,45-46H,27H2. The molecule has 7 aromatic carbocycles. The van der Waals surface area contributed by atoms with Gasteiger partial charge in [-0.15, -0.1) is 0 Å². The monoisotopic (exact) mass is 630 g/mol. The smallest absolute Gasteiger partial charge is 0.176 e. The molecule has 10 aromatic rings. The summed E-state index contributed by atoms with van der Waals surface area (Å²) in [6, 6.07) is 54.9. The number of aromatic nitrogens is 2. The van der Waals surface area contributed by atoms with Crippen LogP contribution in [0.3, 0.4) is 0 Å². The van der Waals surface area contributed by atoms with Crippen LogP contribution < -0.4 is 5.32 Å². The lowest BCUT2D eigenvalue weighted by molar-refractivity contribution is 0.605. The zero-order chi connectivity index (χ0) is 32.5. The van der Waals surface area contributed by atoms with Gasteiger partial charge in [0.15, 0.2) is 5.76 Å². The van der Waals surface area contributed by atoms with Gasteiger partial charge in [-0.3, -0.25) is 5.41 Å². The third-order valence-corrected chi connectivity index (χ3v) is 9.84. The van der Waals surface area contributed by atoms with Crippen LogP contribution in [0, 0.1) is 5.41 Å². The van der Waals surface area contributed by atoms with Crippen molar-refractivity contribution in [2.75, 3.05) is 5.32 Å². The number of benzene rings is 7. The Morgan fingerprint density at radius 3 is 1.90 bits per heavy atom. The first-order valence-corrected chi connectivity index (χ1v) is 16.6. The van der Waals surface area contributed by atoms with E-state index in [1.54, 1.807) is 0 Å². The predicted molar refractivity (Wildman–Crippen MR) is 203 cm³/mol. The molecule has 232 valence electrons. The van der Waals surface area contributed by atoms with Crippen LogP contribution in [0.2, 0.25) is 0 Å². The summed E-state index contributed by atoms with van der Waals surface area (Å²) in [5, 5.41) is 21.1. The van der Waals surface area contributed by atoms with Gasteiger partial charge in [0, 0.05) is 38.2 Å². The maximum Gasteiger partial charge on any atom is 0.176 e. The number of hydrogen-bond acceptors (Lipinski definition) is 3. The number of nitrogens with one attached hydrogen (secondary N) is 2. The Kier molecular flexibility index (Phi) is 6.02. The van der Waals surface area contributed by atoms with E-state index in [0.717, 1.165) is 49.7 Å². The van der Waals surface area contributed by atoms with E-state index in [0.29, 0.717) is 18.1 Å². The van der Waals surface area contributed by atoms with Crippen LogP contribution >= 0.6 is 0 Å². The molecule has 0 saturated carbocycles. The van der Waals surface area contributed by atoms with Crippen LogP contribution in [0.15, 0.2) is 162 Å². The molecule has 10 rings (SSSR count). The maximum absolute atomic E-state index is 9.29. The minimum absolute atomic E-state index is 0.345. The van der Waals surface area contributed by atoms with Crippen LogP contribution in [0.25, 0.3) is 71.0 Å². The zero-order valence-electron chi connectivity index (χ0n) is 26.5. The van der Waals surface area contributed by atoms with E-state index in [-0.39, 0.29) is 0 Å². The van der Waals surface area contributed by atoms with Gasteiger partial charge >= 0.3 is 0 Å². The van der Waals surface area contributed by atoms with Gasteiger partial charge in [-0.25, -0.2) is 0 Å². The molecule has 0 aliphatic rings. The van der Waals surface area contributed by atoms with Crippen LogP contribution in [0.1, 0.15) is 11.3 Å². The van der Waals surface area contributed by atoms with Crippen molar-refractivity contribution in [3.8, 4) is 5.69 Å². The Balaban J connectivity index is 1.23. The third kappa shape index (κ3) is 4.16. The molecule has 0 fully saturated rings. The fourth-order valence-electron chi connectivity index (χ4n) is 7.63. The predicted octanol–water partition coefficient (Wildman–Crippen LogP) is 11.3. The van der Waals surface area contributed by atoms with Crippen LogP contribution in [0.4, 0.5) is 5.69 Å². The Bertz CT molecular complexity index is 2890. The highest BCUT2D eigenvalue weighted by atomic mass is 16.3. The Hall–Kier alpha value is -6.59. The highest BCUT2D eigenvalue weighted by Gasteiger charge is 2.23. The summed E-state index contributed by atoms with van der Waals surface area (Å²) >= 11 is 0. The summed E-state index contributed by atoms with van der Waals surface area (Å²) in [6.45, 7) is 0.468. The molecule has 0 atom stereocenters. The molecule has 0 amide bonds. The van der Waals surface area contributed by atoms with Crippen LogP contribution in [-0.4, -0.2) is 14.8 Å². The lowest BCUT2D eigenvalue weighted by atomic mass is 10.0. The first-order chi connectivity index (χ1) is 24.2. The lowest BCUT2D eigenvalue weighted by Gasteiger charge is -2.14. The Morgan fingerprint density at radius 2 is 1.14 bits per heavy atom. The quantitative estimate of drug-likeness (QED) is 0.180. The van der Waals surface area contributed by atoms with Gasteiger partial charge in [0.2, 0.25) is 0 Å². The van der Waals surface area contributed by atoms with E-state index < -0.39 is 0 Å². The van der Waals surface area contributed by atoms with Crippen LogP contribution in [-0.2, 0) is 6.67 Å². The van der Waals surface area contributed by atoms with E-state index in [1.807, 2.05) is 36.4 Å². The Labute approximate surface area is 281 Å². The number of hydrogen-bond donors (Lipinski definition) is 2. The number of rotatable bonds is 6. The molecular weight excluding hydrogens is 601 g/mol. The molecule has 0 aliphatic carbocycles. The van der Waals surface area contributed by atoms with Crippen molar-refractivity contribution in [3.63, 3.8) is 0 Å². The normalized spacial score (nSPS) is 11.8. The van der Waals surface area contributed by atoms with Gasteiger partial charge in [0.25, 0.3) is 0 Å². The number of para-hydroxylation sites is 3. The van der Waals surface area contributed by atoms with Crippen molar-refractivity contribution in [2.24, 2.45) is 0 Å². The summed E-state index contributed by atoms with van der Waals surface area (Å²) < 4.78 is 11.3. The largest absolute Gasteiger partial charge is 0.452 e. The summed E-state index contributed by atoms with van der Waals surface area (Å²) in [5.74, 6) is 0.529.